The molecule has 9 rings (SSSR count). The van der Waals surface area contributed by atoms with Gasteiger partial charge in [-0.05, 0) is 115 Å². The first kappa shape index (κ1) is 68.7. The summed E-state index contributed by atoms with van der Waals surface area (Å²) in [6, 6.07) is 25.9. The van der Waals surface area contributed by atoms with Gasteiger partial charge in [0.15, 0.2) is 0 Å². The Kier molecular flexibility index (Phi) is 24.7. The maximum atomic E-state index is 5.40. The summed E-state index contributed by atoms with van der Waals surface area (Å²) in [6.45, 7) is 0. The summed E-state index contributed by atoms with van der Waals surface area (Å²) in [7, 11) is 33.2. The minimum Gasteiger partial charge on any atom is -1.00 e. The molecule has 16 nitrogen and oxygen atoms in total. The SMILES string of the molecule is CN(C)C(SCc1ccc2c(c1)-c1nc-2nc2[n-]c(nc3nc(nc4[n-]c(n1)c1cc(CSC(N(C)C)=[N+](C)C)ccc41)-c1ccc(CSC(N(C)C)=[N+](C)C)cc1-3)c1cc(CSC(N(C)C)=[N+](C)C)ccc21)=[N+](C)C.[Cl-].[Cl-].[Cl-].[Cl-].[Cu+2]. The van der Waals surface area contributed by atoms with E-state index in [1.165, 1.54) is 0 Å². The molecule has 25 heteroatoms. The molecule has 5 heterocycles. The first-order valence-corrected chi connectivity index (χ1v) is 28.8. The number of halogens is 4. The zero-order valence-corrected chi connectivity index (χ0v) is 55.6. The van der Waals surface area contributed by atoms with Gasteiger partial charge in [0, 0.05) is 67.9 Å². The average Bonchev–Trinajstić information content (AvgIpc) is 4.08. The van der Waals surface area contributed by atoms with Crippen LogP contribution in [0.25, 0.3) is 89.7 Å². The van der Waals surface area contributed by atoms with Crippen LogP contribution in [-0.2, 0) is 40.1 Å². The van der Waals surface area contributed by atoms with Gasteiger partial charge in [0.2, 0.25) is 0 Å². The van der Waals surface area contributed by atoms with Crippen molar-refractivity contribution < 1.29 is 85.0 Å². The van der Waals surface area contributed by atoms with Gasteiger partial charge in [-0.25, -0.2) is 9.97 Å². The second kappa shape index (κ2) is 29.1. The molecule has 2 aliphatic rings. The molecule has 0 saturated heterocycles. The van der Waals surface area contributed by atoms with E-state index >= 15 is 0 Å². The Bertz CT molecular complexity index is 3510. The fourth-order valence-electron chi connectivity index (χ4n) is 9.44. The van der Waals surface area contributed by atoms with Gasteiger partial charge < -0.3 is 79.5 Å². The van der Waals surface area contributed by atoms with E-state index in [1.54, 1.807) is 47.0 Å². The molecule has 3 aromatic heterocycles. The molecule has 1 radical (unpaired) electrons. The fourth-order valence-corrected chi connectivity index (χ4v) is 13.4. The number of rotatable bonds is 8. The maximum Gasteiger partial charge on any atom is 2.00 e. The number of aromatic nitrogens is 8. The predicted octanol–water partition coefficient (Wildman–Crippen LogP) is -4.17. The molecule has 81 heavy (non-hydrogen) atoms. The molecule has 4 aromatic carbocycles. The Morgan fingerprint density at radius 1 is 0.346 bits per heavy atom. The van der Waals surface area contributed by atoms with Gasteiger partial charge in [-0.2, -0.15) is 0 Å². The van der Waals surface area contributed by atoms with Gasteiger partial charge in [-0.1, -0.05) is 48.5 Å². The predicted molar refractivity (Wildman–Crippen MR) is 322 cm³/mol. The van der Waals surface area contributed by atoms with Crippen LogP contribution in [0.4, 0.5) is 0 Å². The quantitative estimate of drug-likeness (QED) is 0.0632. The summed E-state index contributed by atoms with van der Waals surface area (Å²) in [4.78, 5) is 51.1. The van der Waals surface area contributed by atoms with Crippen molar-refractivity contribution in [1.29, 1.82) is 0 Å². The van der Waals surface area contributed by atoms with E-state index in [0.29, 0.717) is 45.9 Å². The fraction of sp³-hybridized carbons (Fsp3) is 0.357. The van der Waals surface area contributed by atoms with Gasteiger partial charge in [-0.3, -0.25) is 37.9 Å². The minimum absolute atomic E-state index is 0. The van der Waals surface area contributed by atoms with E-state index in [1.807, 2.05) is 0 Å². The summed E-state index contributed by atoms with van der Waals surface area (Å²) < 4.78 is 8.57. The summed E-state index contributed by atoms with van der Waals surface area (Å²) in [5, 5.41) is 8.11. The first-order valence-electron chi connectivity index (χ1n) is 24.9. The zero-order valence-electron chi connectivity index (χ0n) is 48.4. The van der Waals surface area contributed by atoms with Gasteiger partial charge in [0.1, 0.15) is 0 Å². The van der Waals surface area contributed by atoms with Gasteiger partial charge >= 0.3 is 37.7 Å². The normalized spacial score (nSPS) is 10.9. The molecule has 0 unspecified atom stereocenters. The van der Waals surface area contributed by atoms with Crippen molar-refractivity contribution in [3.05, 3.63) is 95.1 Å². The van der Waals surface area contributed by atoms with E-state index in [4.69, 9.17) is 39.9 Å². The van der Waals surface area contributed by atoms with E-state index in [-0.39, 0.29) is 66.7 Å². The molecule has 0 spiro atoms. The van der Waals surface area contributed by atoms with Gasteiger partial charge in [0.05, 0.1) is 136 Å². The Balaban J connectivity index is 0.00000282. The van der Waals surface area contributed by atoms with Crippen LogP contribution in [0, 0.1) is 0 Å². The van der Waals surface area contributed by atoms with Crippen molar-refractivity contribution in [1.82, 2.24) is 59.5 Å². The average molecular weight is 1300 g/mol. The van der Waals surface area contributed by atoms with Crippen LogP contribution < -0.4 is 59.6 Å². The number of benzene rings is 4. The molecule has 0 amide bonds. The van der Waals surface area contributed by atoms with Crippen molar-refractivity contribution in [3.8, 4) is 45.6 Å². The van der Waals surface area contributed by atoms with E-state index in [2.05, 4.69) is 223 Å². The Morgan fingerprint density at radius 2 is 0.593 bits per heavy atom. The smallest absolute Gasteiger partial charge is 1.00 e. The van der Waals surface area contributed by atoms with Crippen LogP contribution in [0.1, 0.15) is 22.3 Å². The summed E-state index contributed by atoms with van der Waals surface area (Å²) >= 11 is 7.13. The van der Waals surface area contributed by atoms with Crippen molar-refractivity contribution in [2.45, 2.75) is 23.0 Å². The van der Waals surface area contributed by atoms with Crippen molar-refractivity contribution in [3.63, 3.8) is 0 Å². The first-order chi connectivity index (χ1) is 36.2. The Labute approximate surface area is 528 Å². The molecule has 0 N–H and O–H groups in total. The Hall–Kier alpha value is -4.80. The molecular weight excluding hydrogens is 1230 g/mol. The molecule has 0 fully saturated rings. The van der Waals surface area contributed by atoms with Crippen LogP contribution in [0.3, 0.4) is 0 Å². The van der Waals surface area contributed by atoms with Crippen LogP contribution in [0.15, 0.2) is 72.8 Å². The molecule has 0 atom stereocenters. The third-order valence-corrected chi connectivity index (χ3v) is 18.4. The van der Waals surface area contributed by atoms with Crippen molar-refractivity contribution in [2.24, 2.45) is 0 Å². The molecule has 0 saturated carbocycles. The summed E-state index contributed by atoms with van der Waals surface area (Å²) in [5.74, 6) is 5.09. The largest absolute Gasteiger partial charge is 2.00 e. The minimum atomic E-state index is 0. The number of hydrogen-bond donors (Lipinski definition) is 0. The second-order valence-electron chi connectivity index (χ2n) is 20.4. The van der Waals surface area contributed by atoms with E-state index < -0.39 is 0 Å². The third kappa shape index (κ3) is 15.1. The van der Waals surface area contributed by atoms with Gasteiger partial charge in [-0.15, -0.1) is 0 Å². The number of fused-ring (bicyclic) bond motifs is 20. The standard InChI is InChI=1S/C56H68N16S4.4ClH.Cu/c1-65(2)53(66(3)4)73-29-33-17-21-37-41(25-33)49-59-45(37)57-46-39-23-19-35(31-75-55(69(9)10)70(11)12)27-43(39)51(61-46)64-52-44-28-36(32-76-56(71(13)14)72(15)16)20-24-40(44)48(62-52)58-47-38-22-18-34(26-42(38)50(60-47)63-49)30-74-54(67(5)6)68(7)8;;;;;/h17-28H,29-32H2,1-16H3;4*1H;/q+2;;;;;+2/p-4. The topological polar surface area (TPSA) is 131 Å². The number of thioether (sulfide) groups is 4. The summed E-state index contributed by atoms with van der Waals surface area (Å²) in [5.41, 5.74) is 10.2. The molecule has 435 valence electrons. The van der Waals surface area contributed by atoms with E-state index in [0.717, 1.165) is 110 Å². The number of amidine groups is 4. The van der Waals surface area contributed by atoms with E-state index in [9.17, 15) is 0 Å². The summed E-state index contributed by atoms with van der Waals surface area (Å²) in [6.07, 6.45) is 0. The zero-order chi connectivity index (χ0) is 54.3. The molecule has 7 aromatic rings. The number of hydrogen-bond acceptors (Lipinski definition) is 10. The molecule has 8 bridgehead atoms. The van der Waals surface area contributed by atoms with Crippen molar-refractivity contribution >= 4 is 112 Å². The molecular formula is C56H68Cl4CuN16S4. The van der Waals surface area contributed by atoms with Crippen LogP contribution in [0.2, 0.25) is 0 Å². The van der Waals surface area contributed by atoms with Crippen LogP contribution >= 0.6 is 47.0 Å². The number of nitrogens with zero attached hydrogens (tertiary/aromatic N) is 16. The van der Waals surface area contributed by atoms with Crippen LogP contribution in [0.5, 0.6) is 0 Å². The van der Waals surface area contributed by atoms with Crippen LogP contribution in [-0.4, -0.2) is 201 Å². The monoisotopic (exact) mass is 1300 g/mol. The van der Waals surface area contributed by atoms with Gasteiger partial charge in [0.25, 0.3) is 0 Å². The molecule has 0 aliphatic carbocycles. The molecule has 2 aliphatic heterocycles. The second-order valence-corrected chi connectivity index (χ2v) is 24.2. The Morgan fingerprint density at radius 3 is 0.864 bits per heavy atom. The third-order valence-electron chi connectivity index (χ3n) is 12.5. The maximum absolute atomic E-state index is 5.40. The van der Waals surface area contributed by atoms with Crippen molar-refractivity contribution in [2.75, 3.05) is 113 Å².